The van der Waals surface area contributed by atoms with Gasteiger partial charge < -0.3 is 5.32 Å². The lowest BCUT2D eigenvalue weighted by Gasteiger charge is -2.31. The minimum atomic E-state index is 0.237. The van der Waals surface area contributed by atoms with Crippen LogP contribution in [-0.4, -0.2) is 22.5 Å². The van der Waals surface area contributed by atoms with Gasteiger partial charge in [-0.3, -0.25) is 9.69 Å². The van der Waals surface area contributed by atoms with Crippen LogP contribution >= 0.6 is 12.2 Å². The zero-order chi connectivity index (χ0) is 15.4. The van der Waals surface area contributed by atoms with Crippen molar-refractivity contribution in [2.75, 3.05) is 5.32 Å². The van der Waals surface area contributed by atoms with E-state index >= 15 is 0 Å². The minimum Gasteiger partial charge on any atom is -0.332 e. The Labute approximate surface area is 136 Å². The summed E-state index contributed by atoms with van der Waals surface area (Å²) >= 11 is 5.48. The summed E-state index contributed by atoms with van der Waals surface area (Å²) in [7, 11) is 0. The Bertz CT molecular complexity index is 674. The number of fused-ring (bicyclic) bond motifs is 1. The van der Waals surface area contributed by atoms with Gasteiger partial charge >= 0.3 is 0 Å². The monoisotopic (exact) mass is 312 g/mol. The van der Waals surface area contributed by atoms with E-state index in [0.29, 0.717) is 5.11 Å². The van der Waals surface area contributed by atoms with Crippen LogP contribution in [0.4, 0.5) is 5.69 Å². The fourth-order valence-electron chi connectivity index (χ4n) is 3.17. The number of nitrogens with one attached hydrogen (secondary N) is 1. The van der Waals surface area contributed by atoms with E-state index in [-0.39, 0.29) is 6.04 Å². The molecule has 0 spiro atoms. The smallest absolute Gasteiger partial charge is 0.216 e. The second-order valence-corrected chi connectivity index (χ2v) is 6.15. The Morgan fingerprint density at radius 2 is 1.82 bits per heavy atom. The summed E-state index contributed by atoms with van der Waals surface area (Å²) < 4.78 is 0. The molecule has 0 unspecified atom stereocenters. The molecular formula is C18H20N2OS. The first kappa shape index (κ1) is 15.0. The van der Waals surface area contributed by atoms with Gasteiger partial charge in [0.25, 0.3) is 0 Å². The SMILES string of the molecule is O=CN(C(=S)Nc1cccc2ccccc12)C1CCCCC1. The Hall–Kier alpha value is -1.94. The van der Waals surface area contributed by atoms with E-state index in [2.05, 4.69) is 23.5 Å². The number of hydrogen-bond donors (Lipinski definition) is 1. The molecule has 1 saturated carbocycles. The average molecular weight is 312 g/mol. The van der Waals surface area contributed by atoms with Crippen molar-refractivity contribution in [3.8, 4) is 0 Å². The van der Waals surface area contributed by atoms with Crippen LogP contribution in [-0.2, 0) is 4.79 Å². The van der Waals surface area contributed by atoms with Crippen LogP contribution in [0.1, 0.15) is 32.1 Å². The van der Waals surface area contributed by atoms with Crippen molar-refractivity contribution < 1.29 is 4.79 Å². The third kappa shape index (κ3) is 3.12. The minimum absolute atomic E-state index is 0.237. The summed E-state index contributed by atoms with van der Waals surface area (Å²) in [5.41, 5.74) is 0.950. The maximum absolute atomic E-state index is 11.5. The lowest BCUT2D eigenvalue weighted by atomic mass is 9.95. The van der Waals surface area contributed by atoms with Crippen molar-refractivity contribution in [2.45, 2.75) is 38.1 Å². The van der Waals surface area contributed by atoms with Gasteiger partial charge in [0.05, 0.1) is 0 Å². The van der Waals surface area contributed by atoms with Crippen molar-refractivity contribution in [1.29, 1.82) is 0 Å². The highest BCUT2D eigenvalue weighted by atomic mass is 32.1. The Morgan fingerprint density at radius 1 is 1.09 bits per heavy atom. The molecule has 0 aromatic heterocycles. The molecule has 0 heterocycles. The number of thiocarbonyl (C=S) groups is 1. The van der Waals surface area contributed by atoms with Gasteiger partial charge in [-0.05, 0) is 36.5 Å². The van der Waals surface area contributed by atoms with E-state index in [9.17, 15) is 4.79 Å². The molecule has 1 aliphatic carbocycles. The van der Waals surface area contributed by atoms with Crippen molar-refractivity contribution in [3.05, 3.63) is 42.5 Å². The molecule has 2 aromatic rings. The molecule has 0 atom stereocenters. The molecule has 114 valence electrons. The Morgan fingerprint density at radius 3 is 2.59 bits per heavy atom. The van der Waals surface area contributed by atoms with Gasteiger partial charge in [0.1, 0.15) is 0 Å². The molecule has 0 bridgehead atoms. The third-order valence-electron chi connectivity index (χ3n) is 4.35. The standard InChI is InChI=1S/C18H20N2OS/c21-13-20(15-9-2-1-3-10-15)18(22)19-17-12-6-8-14-7-4-5-11-16(14)17/h4-8,11-13,15H,1-3,9-10H2,(H,19,22). The van der Waals surface area contributed by atoms with Gasteiger partial charge in [-0.15, -0.1) is 0 Å². The summed E-state index contributed by atoms with van der Waals surface area (Å²) in [6.07, 6.45) is 6.55. The van der Waals surface area contributed by atoms with Crippen molar-refractivity contribution >= 4 is 40.2 Å². The summed E-state index contributed by atoms with van der Waals surface area (Å²) in [6.45, 7) is 0. The Kier molecular flexibility index (Phi) is 4.68. The van der Waals surface area contributed by atoms with Crippen LogP contribution in [0.2, 0.25) is 0 Å². The molecule has 4 heteroatoms. The zero-order valence-corrected chi connectivity index (χ0v) is 13.3. The molecule has 3 rings (SSSR count). The first-order valence-electron chi connectivity index (χ1n) is 7.82. The van der Waals surface area contributed by atoms with E-state index < -0.39 is 0 Å². The first-order chi connectivity index (χ1) is 10.8. The molecule has 2 aromatic carbocycles. The van der Waals surface area contributed by atoms with Gasteiger partial charge in [0.15, 0.2) is 5.11 Å². The van der Waals surface area contributed by atoms with E-state index in [1.54, 1.807) is 4.90 Å². The number of hydrogen-bond acceptors (Lipinski definition) is 2. The average Bonchev–Trinajstić information content (AvgIpc) is 2.57. The lowest BCUT2D eigenvalue weighted by Crippen LogP contribution is -2.42. The van der Waals surface area contributed by atoms with Crippen LogP contribution in [0.15, 0.2) is 42.5 Å². The van der Waals surface area contributed by atoms with Crippen molar-refractivity contribution in [1.82, 2.24) is 4.90 Å². The van der Waals surface area contributed by atoms with Crippen molar-refractivity contribution in [3.63, 3.8) is 0 Å². The fourth-order valence-corrected chi connectivity index (χ4v) is 3.48. The Balaban J connectivity index is 1.81. The molecule has 1 amide bonds. The van der Waals surface area contributed by atoms with Gasteiger partial charge in [0, 0.05) is 17.1 Å². The predicted octanol–water partition coefficient (Wildman–Crippen LogP) is 4.33. The second-order valence-electron chi connectivity index (χ2n) is 5.76. The number of nitrogens with zero attached hydrogens (tertiary/aromatic N) is 1. The summed E-state index contributed by atoms with van der Waals surface area (Å²) in [6, 6.07) is 14.5. The topological polar surface area (TPSA) is 32.3 Å². The highest BCUT2D eigenvalue weighted by molar-refractivity contribution is 7.80. The molecule has 22 heavy (non-hydrogen) atoms. The largest absolute Gasteiger partial charge is 0.332 e. The van der Waals surface area contributed by atoms with E-state index in [1.165, 1.54) is 19.3 Å². The number of carbonyl (C=O) groups excluding carboxylic acids is 1. The van der Waals surface area contributed by atoms with Crippen molar-refractivity contribution in [2.24, 2.45) is 0 Å². The summed E-state index contributed by atoms with van der Waals surface area (Å²) in [4.78, 5) is 13.2. The number of amides is 1. The highest BCUT2D eigenvalue weighted by Crippen LogP contribution is 2.25. The van der Waals surface area contributed by atoms with Crippen LogP contribution in [0, 0.1) is 0 Å². The normalized spacial score (nSPS) is 15.5. The maximum Gasteiger partial charge on any atom is 0.216 e. The molecule has 0 saturated heterocycles. The lowest BCUT2D eigenvalue weighted by molar-refractivity contribution is -0.116. The van der Waals surface area contributed by atoms with Gasteiger partial charge in [-0.1, -0.05) is 55.7 Å². The summed E-state index contributed by atoms with van der Waals surface area (Å²) in [5, 5.41) is 6.03. The number of benzene rings is 2. The number of carbonyl (C=O) groups is 1. The maximum atomic E-state index is 11.5. The predicted molar refractivity (Wildman–Crippen MR) is 94.9 cm³/mol. The molecule has 0 aliphatic heterocycles. The third-order valence-corrected chi connectivity index (χ3v) is 4.66. The van der Waals surface area contributed by atoms with E-state index in [1.807, 2.05) is 24.3 Å². The molecule has 1 aliphatic rings. The molecule has 1 N–H and O–H groups in total. The van der Waals surface area contributed by atoms with Crippen LogP contribution in [0.25, 0.3) is 10.8 Å². The quantitative estimate of drug-likeness (QED) is 0.676. The summed E-state index contributed by atoms with van der Waals surface area (Å²) in [5.74, 6) is 0. The number of rotatable bonds is 3. The highest BCUT2D eigenvalue weighted by Gasteiger charge is 2.23. The van der Waals surface area contributed by atoms with E-state index in [4.69, 9.17) is 12.2 Å². The molecule has 3 nitrogen and oxygen atoms in total. The number of anilines is 1. The zero-order valence-electron chi connectivity index (χ0n) is 12.5. The van der Waals surface area contributed by atoms with Crippen LogP contribution < -0.4 is 5.32 Å². The van der Waals surface area contributed by atoms with Gasteiger partial charge in [0.2, 0.25) is 6.41 Å². The molecule has 0 radical (unpaired) electrons. The first-order valence-corrected chi connectivity index (χ1v) is 8.23. The molecule has 1 fully saturated rings. The molecular weight excluding hydrogens is 292 g/mol. The fraction of sp³-hybridized carbons (Fsp3) is 0.333. The van der Waals surface area contributed by atoms with Gasteiger partial charge in [-0.2, -0.15) is 0 Å². The van der Waals surface area contributed by atoms with E-state index in [0.717, 1.165) is 35.7 Å². The van der Waals surface area contributed by atoms with Crippen LogP contribution in [0.5, 0.6) is 0 Å². The second kappa shape index (κ2) is 6.88. The van der Waals surface area contributed by atoms with Crippen LogP contribution in [0.3, 0.4) is 0 Å². The van der Waals surface area contributed by atoms with Gasteiger partial charge in [-0.25, -0.2) is 0 Å².